The van der Waals surface area contributed by atoms with E-state index in [4.69, 9.17) is 10.6 Å². The fourth-order valence-electron chi connectivity index (χ4n) is 2.42. The zero-order valence-corrected chi connectivity index (χ0v) is 11.8. The van der Waals surface area contributed by atoms with Crippen LogP contribution in [-0.2, 0) is 11.2 Å². The Balaban J connectivity index is 2.21. The van der Waals surface area contributed by atoms with Gasteiger partial charge in [-0.25, -0.2) is 5.84 Å². The molecule has 108 valence electrons. The first-order chi connectivity index (χ1) is 9.52. The number of hydrogen-bond donors (Lipinski definition) is 2. The summed E-state index contributed by atoms with van der Waals surface area (Å²) >= 11 is 0. The number of carbonyl (C=O) groups excluding carboxylic acids is 2. The highest BCUT2D eigenvalue weighted by molar-refractivity contribution is 5.98. The van der Waals surface area contributed by atoms with Crippen LogP contribution in [0.25, 0.3) is 0 Å². The Morgan fingerprint density at radius 2 is 2.10 bits per heavy atom. The zero-order valence-electron chi connectivity index (χ0n) is 11.8. The Morgan fingerprint density at radius 1 is 1.35 bits per heavy atom. The van der Waals surface area contributed by atoms with E-state index in [0.717, 1.165) is 24.0 Å². The molecule has 0 fully saturated rings. The van der Waals surface area contributed by atoms with Crippen molar-refractivity contribution in [2.45, 2.75) is 39.2 Å². The van der Waals surface area contributed by atoms with Crippen molar-refractivity contribution < 1.29 is 14.3 Å². The predicted molar refractivity (Wildman–Crippen MR) is 75.3 cm³/mol. The lowest BCUT2D eigenvalue weighted by Crippen LogP contribution is -2.44. The van der Waals surface area contributed by atoms with Crippen molar-refractivity contribution in [2.75, 3.05) is 0 Å². The van der Waals surface area contributed by atoms with Gasteiger partial charge in [-0.3, -0.25) is 15.0 Å². The van der Waals surface area contributed by atoms with Crippen LogP contribution < -0.4 is 16.0 Å². The van der Waals surface area contributed by atoms with Crippen LogP contribution in [0.4, 0.5) is 0 Å². The van der Waals surface area contributed by atoms with Crippen molar-refractivity contribution in [3.63, 3.8) is 0 Å². The minimum absolute atomic E-state index is 0.00351. The lowest BCUT2D eigenvalue weighted by atomic mass is 9.90. The minimum Gasteiger partial charge on any atom is -0.480 e. The smallest absolute Gasteiger partial charge is 0.275 e. The molecule has 0 radical (unpaired) electrons. The van der Waals surface area contributed by atoms with Gasteiger partial charge in [-0.15, -0.1) is 0 Å². The van der Waals surface area contributed by atoms with Gasteiger partial charge in [-0.2, -0.15) is 0 Å². The van der Waals surface area contributed by atoms with E-state index >= 15 is 0 Å². The maximum absolute atomic E-state index is 11.8. The number of hydrogen-bond acceptors (Lipinski definition) is 4. The number of rotatable bonds is 4. The molecule has 0 heterocycles. The second kappa shape index (κ2) is 6.05. The Labute approximate surface area is 118 Å². The Morgan fingerprint density at radius 3 is 2.75 bits per heavy atom. The molecule has 0 bridgehead atoms. The molecule has 1 aliphatic carbocycles. The first kappa shape index (κ1) is 14.5. The summed E-state index contributed by atoms with van der Waals surface area (Å²) in [4.78, 5) is 23.4. The van der Waals surface area contributed by atoms with Crippen LogP contribution in [-0.4, -0.2) is 17.8 Å². The maximum Gasteiger partial charge on any atom is 0.275 e. The summed E-state index contributed by atoms with van der Waals surface area (Å²) in [5.41, 5.74) is 3.88. The number of ether oxygens (including phenoxy) is 1. The molecule has 1 aliphatic rings. The first-order valence-corrected chi connectivity index (χ1v) is 6.86. The van der Waals surface area contributed by atoms with Crippen LogP contribution in [0.3, 0.4) is 0 Å². The summed E-state index contributed by atoms with van der Waals surface area (Å²) in [6.07, 6.45) is 1.70. The fourth-order valence-corrected chi connectivity index (χ4v) is 2.42. The largest absolute Gasteiger partial charge is 0.480 e. The summed E-state index contributed by atoms with van der Waals surface area (Å²) < 4.78 is 5.73. The summed E-state index contributed by atoms with van der Waals surface area (Å²) in [7, 11) is 0. The summed E-state index contributed by atoms with van der Waals surface area (Å²) in [5.74, 6) is 5.59. The van der Waals surface area contributed by atoms with Crippen LogP contribution in [0.2, 0.25) is 0 Å². The molecule has 5 heteroatoms. The Kier molecular flexibility index (Phi) is 4.39. The standard InChI is InChI=1S/C15H20N2O3/c1-9(2)14(15(19)17-16)20-11-6-7-12-10(8-11)4-3-5-13(12)18/h6-9,14H,3-5,16H2,1-2H3,(H,17,19). The van der Waals surface area contributed by atoms with Crippen LogP contribution in [0.1, 0.15) is 42.6 Å². The molecular formula is C15H20N2O3. The van der Waals surface area contributed by atoms with Crippen molar-refractivity contribution in [1.29, 1.82) is 0 Å². The minimum atomic E-state index is -0.641. The molecule has 2 rings (SSSR count). The SMILES string of the molecule is CC(C)C(Oc1ccc2c(c1)CCCC2=O)C(=O)NN. The van der Waals surface area contributed by atoms with E-state index in [1.54, 1.807) is 12.1 Å². The number of aryl methyl sites for hydroxylation is 1. The molecule has 5 nitrogen and oxygen atoms in total. The highest BCUT2D eigenvalue weighted by Crippen LogP contribution is 2.26. The Bertz CT molecular complexity index is 526. The topological polar surface area (TPSA) is 81.4 Å². The molecule has 1 aromatic carbocycles. The summed E-state index contributed by atoms with van der Waals surface area (Å²) in [6.45, 7) is 3.78. The van der Waals surface area contributed by atoms with Gasteiger partial charge in [0.1, 0.15) is 5.75 Å². The van der Waals surface area contributed by atoms with Gasteiger partial charge in [0.2, 0.25) is 0 Å². The van der Waals surface area contributed by atoms with Gasteiger partial charge in [-0.05, 0) is 42.5 Å². The van der Waals surface area contributed by atoms with Gasteiger partial charge >= 0.3 is 0 Å². The van der Waals surface area contributed by atoms with E-state index in [1.165, 1.54) is 0 Å². The van der Waals surface area contributed by atoms with Gasteiger partial charge in [0, 0.05) is 12.0 Å². The molecule has 20 heavy (non-hydrogen) atoms. The molecular weight excluding hydrogens is 256 g/mol. The number of benzene rings is 1. The molecule has 1 amide bonds. The van der Waals surface area contributed by atoms with E-state index in [9.17, 15) is 9.59 Å². The van der Waals surface area contributed by atoms with E-state index < -0.39 is 6.10 Å². The quantitative estimate of drug-likeness (QED) is 0.497. The molecule has 0 saturated heterocycles. The average molecular weight is 276 g/mol. The van der Waals surface area contributed by atoms with Crippen LogP contribution in [0.5, 0.6) is 5.75 Å². The second-order valence-corrected chi connectivity index (χ2v) is 5.39. The number of fused-ring (bicyclic) bond motifs is 1. The Hall–Kier alpha value is -1.88. The predicted octanol–water partition coefficient (Wildman–Crippen LogP) is 1.60. The fraction of sp³-hybridized carbons (Fsp3) is 0.467. The molecule has 1 atom stereocenters. The van der Waals surface area contributed by atoms with Crippen LogP contribution in [0, 0.1) is 5.92 Å². The molecule has 1 unspecified atom stereocenters. The van der Waals surface area contributed by atoms with Gasteiger partial charge in [0.15, 0.2) is 11.9 Å². The van der Waals surface area contributed by atoms with Gasteiger partial charge < -0.3 is 4.74 Å². The van der Waals surface area contributed by atoms with Gasteiger partial charge in [0.05, 0.1) is 0 Å². The van der Waals surface area contributed by atoms with Gasteiger partial charge in [0.25, 0.3) is 5.91 Å². The van der Waals surface area contributed by atoms with E-state index in [-0.39, 0.29) is 17.6 Å². The number of amides is 1. The monoisotopic (exact) mass is 276 g/mol. The van der Waals surface area contributed by atoms with Crippen LogP contribution in [0.15, 0.2) is 18.2 Å². The summed E-state index contributed by atoms with van der Waals surface area (Å²) in [5, 5.41) is 0. The van der Waals surface area contributed by atoms with Gasteiger partial charge in [-0.1, -0.05) is 13.8 Å². The molecule has 1 aromatic rings. The molecule has 3 N–H and O–H groups in total. The third-order valence-corrected chi connectivity index (χ3v) is 3.50. The normalized spacial score (nSPS) is 15.7. The lowest BCUT2D eigenvalue weighted by Gasteiger charge is -2.22. The first-order valence-electron chi connectivity index (χ1n) is 6.86. The molecule has 0 aromatic heterocycles. The zero-order chi connectivity index (χ0) is 14.7. The number of ketones is 1. The van der Waals surface area contributed by atoms with Crippen molar-refractivity contribution in [3.05, 3.63) is 29.3 Å². The molecule has 0 spiro atoms. The van der Waals surface area contributed by atoms with Crippen molar-refractivity contribution in [1.82, 2.24) is 5.43 Å². The van der Waals surface area contributed by atoms with Crippen molar-refractivity contribution in [2.24, 2.45) is 11.8 Å². The van der Waals surface area contributed by atoms with E-state index in [2.05, 4.69) is 5.43 Å². The van der Waals surface area contributed by atoms with Crippen LogP contribution >= 0.6 is 0 Å². The summed E-state index contributed by atoms with van der Waals surface area (Å²) in [6, 6.07) is 5.37. The number of Topliss-reactive ketones (excluding diaryl/α,β-unsaturated/α-hetero) is 1. The molecule has 0 saturated carbocycles. The third-order valence-electron chi connectivity index (χ3n) is 3.50. The third kappa shape index (κ3) is 2.99. The highest BCUT2D eigenvalue weighted by atomic mass is 16.5. The van der Waals surface area contributed by atoms with E-state index in [0.29, 0.717) is 12.2 Å². The number of carbonyl (C=O) groups is 2. The average Bonchev–Trinajstić information content (AvgIpc) is 2.43. The second-order valence-electron chi connectivity index (χ2n) is 5.39. The maximum atomic E-state index is 11.8. The number of hydrazine groups is 1. The van der Waals surface area contributed by atoms with Crippen molar-refractivity contribution in [3.8, 4) is 5.75 Å². The molecule has 0 aliphatic heterocycles. The number of nitrogens with one attached hydrogen (secondary N) is 1. The van der Waals surface area contributed by atoms with Crippen molar-refractivity contribution >= 4 is 11.7 Å². The van der Waals surface area contributed by atoms with E-state index in [1.807, 2.05) is 19.9 Å². The highest BCUT2D eigenvalue weighted by Gasteiger charge is 2.24. The number of nitrogens with two attached hydrogens (primary N) is 1. The lowest BCUT2D eigenvalue weighted by molar-refractivity contribution is -0.129.